The van der Waals surface area contributed by atoms with Crippen molar-refractivity contribution in [2.75, 3.05) is 28.4 Å². The van der Waals surface area contributed by atoms with Gasteiger partial charge in [0.05, 0.1) is 25.9 Å². The fourth-order valence-electron chi connectivity index (χ4n) is 2.29. The molecule has 0 aliphatic rings. The summed E-state index contributed by atoms with van der Waals surface area (Å²) in [6.45, 7) is 4.21. The number of likely N-dealkylation sites (N-methyl/N-ethyl adjacent to an activating group) is 1. The van der Waals surface area contributed by atoms with Gasteiger partial charge in [-0.05, 0) is 38.1 Å². The summed E-state index contributed by atoms with van der Waals surface area (Å²) in [5.74, 6) is 1.56. The van der Waals surface area contributed by atoms with E-state index >= 15 is 0 Å². The van der Waals surface area contributed by atoms with E-state index in [0.29, 0.717) is 0 Å². The fraction of sp³-hybridized carbons (Fsp3) is 0.600. The Bertz CT molecular complexity index is 380. The average Bonchev–Trinajstić information content (AvgIpc) is 2.47. The zero-order chi connectivity index (χ0) is 14.5. The molecule has 0 radical (unpaired) electrons. The number of ether oxygens (including phenoxy) is 3. The Balaban J connectivity index is 3.24. The monoisotopic (exact) mass is 267 g/mol. The quantitative estimate of drug-likeness (QED) is 0.824. The Hall–Kier alpha value is -1.26. The molecule has 0 saturated heterocycles. The first-order valence-electron chi connectivity index (χ1n) is 6.50. The van der Waals surface area contributed by atoms with Crippen molar-refractivity contribution in [1.29, 1.82) is 0 Å². The van der Waals surface area contributed by atoms with Gasteiger partial charge in [0.1, 0.15) is 11.5 Å². The van der Waals surface area contributed by atoms with Crippen LogP contribution in [0.3, 0.4) is 0 Å². The molecule has 1 N–H and O–H groups in total. The second-order valence-corrected chi connectivity index (χ2v) is 4.74. The largest absolute Gasteiger partial charge is 0.497 e. The Morgan fingerprint density at radius 3 is 1.95 bits per heavy atom. The summed E-state index contributed by atoms with van der Waals surface area (Å²) in [7, 11) is 6.99. The van der Waals surface area contributed by atoms with Crippen LogP contribution < -0.4 is 14.8 Å². The van der Waals surface area contributed by atoms with Gasteiger partial charge in [0.25, 0.3) is 0 Å². The molecule has 1 aromatic rings. The molecule has 0 heterocycles. The van der Waals surface area contributed by atoms with E-state index in [1.54, 1.807) is 21.3 Å². The smallest absolute Gasteiger partial charge is 0.122 e. The van der Waals surface area contributed by atoms with Crippen molar-refractivity contribution in [3.05, 3.63) is 23.8 Å². The third-order valence-electron chi connectivity index (χ3n) is 3.77. The van der Waals surface area contributed by atoms with Crippen molar-refractivity contribution in [2.45, 2.75) is 31.9 Å². The van der Waals surface area contributed by atoms with Crippen LogP contribution in [0.15, 0.2) is 18.2 Å². The molecule has 0 amide bonds. The molecule has 0 aliphatic carbocycles. The molecule has 0 fully saturated rings. The minimum atomic E-state index is -0.286. The molecule has 0 spiro atoms. The van der Waals surface area contributed by atoms with E-state index < -0.39 is 0 Å². The van der Waals surface area contributed by atoms with Crippen LogP contribution in [0.25, 0.3) is 0 Å². The van der Waals surface area contributed by atoms with Crippen molar-refractivity contribution in [3.8, 4) is 11.5 Å². The second kappa shape index (κ2) is 6.78. The van der Waals surface area contributed by atoms with Crippen molar-refractivity contribution >= 4 is 0 Å². The van der Waals surface area contributed by atoms with Crippen LogP contribution in [0.5, 0.6) is 11.5 Å². The van der Waals surface area contributed by atoms with Gasteiger partial charge in [-0.1, -0.05) is 6.92 Å². The molecule has 1 rings (SSSR count). The topological polar surface area (TPSA) is 39.7 Å². The van der Waals surface area contributed by atoms with Crippen molar-refractivity contribution in [3.63, 3.8) is 0 Å². The van der Waals surface area contributed by atoms with Crippen LogP contribution in [-0.4, -0.2) is 34.0 Å². The summed E-state index contributed by atoms with van der Waals surface area (Å²) in [5.41, 5.74) is 0.802. The second-order valence-electron chi connectivity index (χ2n) is 4.74. The Labute approximate surface area is 116 Å². The first-order valence-corrected chi connectivity index (χ1v) is 6.50. The summed E-state index contributed by atoms with van der Waals surface area (Å²) >= 11 is 0. The molecule has 2 unspecified atom stereocenters. The van der Waals surface area contributed by atoms with E-state index in [2.05, 4.69) is 19.2 Å². The van der Waals surface area contributed by atoms with E-state index in [0.717, 1.165) is 23.5 Å². The zero-order valence-electron chi connectivity index (χ0n) is 12.7. The summed E-state index contributed by atoms with van der Waals surface area (Å²) in [6.07, 6.45) is 0.897. The Morgan fingerprint density at radius 1 is 1.11 bits per heavy atom. The molecule has 0 aromatic heterocycles. The van der Waals surface area contributed by atoms with Gasteiger partial charge in [0.15, 0.2) is 0 Å². The first-order chi connectivity index (χ1) is 9.04. The normalized spacial score (nSPS) is 15.7. The maximum atomic E-state index is 5.70. The highest BCUT2D eigenvalue weighted by Gasteiger charge is 2.33. The van der Waals surface area contributed by atoms with Crippen LogP contribution >= 0.6 is 0 Å². The van der Waals surface area contributed by atoms with Gasteiger partial charge in [-0.25, -0.2) is 0 Å². The third-order valence-corrected chi connectivity index (χ3v) is 3.77. The van der Waals surface area contributed by atoms with Crippen LogP contribution in [0.1, 0.15) is 31.9 Å². The molecular weight excluding hydrogens is 242 g/mol. The summed E-state index contributed by atoms with van der Waals surface area (Å²) in [5, 5.41) is 3.33. The highest BCUT2D eigenvalue weighted by atomic mass is 16.5. The Kier molecular flexibility index (Phi) is 5.63. The molecule has 0 bridgehead atoms. The molecule has 0 saturated carbocycles. The lowest BCUT2D eigenvalue weighted by Crippen LogP contribution is -2.41. The van der Waals surface area contributed by atoms with Crippen LogP contribution in [-0.2, 0) is 4.74 Å². The zero-order valence-corrected chi connectivity index (χ0v) is 12.7. The van der Waals surface area contributed by atoms with Crippen molar-refractivity contribution in [2.24, 2.45) is 0 Å². The van der Waals surface area contributed by atoms with E-state index in [1.807, 2.05) is 25.2 Å². The van der Waals surface area contributed by atoms with E-state index in [-0.39, 0.29) is 11.6 Å². The van der Waals surface area contributed by atoms with Gasteiger partial charge in [-0.2, -0.15) is 0 Å². The average molecular weight is 267 g/mol. The number of benzene rings is 1. The maximum absolute atomic E-state index is 5.70. The predicted octanol–water partition coefficient (Wildman–Crippen LogP) is 2.78. The van der Waals surface area contributed by atoms with Gasteiger partial charge in [0, 0.05) is 13.2 Å². The van der Waals surface area contributed by atoms with Crippen molar-refractivity contribution < 1.29 is 14.2 Å². The molecule has 4 heteroatoms. The summed E-state index contributed by atoms with van der Waals surface area (Å²) < 4.78 is 16.3. The number of rotatable bonds is 7. The van der Waals surface area contributed by atoms with Crippen LogP contribution in [0.2, 0.25) is 0 Å². The third kappa shape index (κ3) is 3.39. The fourth-order valence-corrected chi connectivity index (χ4v) is 2.29. The molecule has 2 atom stereocenters. The van der Waals surface area contributed by atoms with Crippen LogP contribution in [0, 0.1) is 0 Å². The summed E-state index contributed by atoms with van der Waals surface area (Å²) in [6, 6.07) is 5.95. The predicted molar refractivity (Wildman–Crippen MR) is 77.1 cm³/mol. The lowest BCUT2D eigenvalue weighted by molar-refractivity contribution is -0.0281. The molecule has 0 aliphatic heterocycles. The van der Waals surface area contributed by atoms with Gasteiger partial charge in [-0.15, -0.1) is 0 Å². The number of hydrogen-bond acceptors (Lipinski definition) is 4. The molecule has 108 valence electrons. The molecule has 1 aromatic carbocycles. The molecule has 19 heavy (non-hydrogen) atoms. The van der Waals surface area contributed by atoms with Gasteiger partial charge >= 0.3 is 0 Å². The number of methoxy groups -OCH3 is 3. The molecule has 4 nitrogen and oxygen atoms in total. The van der Waals surface area contributed by atoms with Crippen molar-refractivity contribution in [1.82, 2.24) is 5.32 Å². The lowest BCUT2D eigenvalue weighted by atomic mass is 9.87. The van der Waals surface area contributed by atoms with Gasteiger partial charge in [0.2, 0.25) is 0 Å². The minimum Gasteiger partial charge on any atom is -0.497 e. The first kappa shape index (κ1) is 15.8. The minimum absolute atomic E-state index is 0.0616. The van der Waals surface area contributed by atoms with Crippen LogP contribution in [0.4, 0.5) is 0 Å². The highest BCUT2D eigenvalue weighted by molar-refractivity contribution is 5.40. The lowest BCUT2D eigenvalue weighted by Gasteiger charge is -2.36. The standard InChI is InChI=1S/C15H25NO3/c1-7-15(2,19-6)14(16-3)11-8-12(17-4)10-13(9-11)18-5/h8-10,14,16H,7H2,1-6H3. The van der Waals surface area contributed by atoms with E-state index in [4.69, 9.17) is 14.2 Å². The molecular formula is C15H25NO3. The Morgan fingerprint density at radius 2 is 1.63 bits per heavy atom. The highest BCUT2D eigenvalue weighted by Crippen LogP contribution is 2.35. The van der Waals surface area contributed by atoms with E-state index in [1.165, 1.54) is 0 Å². The SMILES string of the molecule is CCC(C)(OC)C(NC)c1cc(OC)cc(OC)c1. The summed E-state index contributed by atoms with van der Waals surface area (Å²) in [4.78, 5) is 0. The van der Waals surface area contributed by atoms with Gasteiger partial charge < -0.3 is 19.5 Å². The van der Waals surface area contributed by atoms with Gasteiger partial charge in [-0.3, -0.25) is 0 Å². The number of hydrogen-bond donors (Lipinski definition) is 1. The maximum Gasteiger partial charge on any atom is 0.122 e. The van der Waals surface area contributed by atoms with E-state index in [9.17, 15) is 0 Å². The number of nitrogens with one attached hydrogen (secondary N) is 1.